The van der Waals surface area contributed by atoms with Gasteiger partial charge in [0.25, 0.3) is 5.91 Å². The van der Waals surface area contributed by atoms with Gasteiger partial charge in [0.2, 0.25) is 0 Å². The Bertz CT molecular complexity index is 714. The van der Waals surface area contributed by atoms with Crippen molar-refractivity contribution in [1.82, 2.24) is 0 Å². The third kappa shape index (κ3) is 4.12. The number of hydrogen-bond donors (Lipinski definition) is 2. The average molecular weight is 330 g/mol. The van der Waals surface area contributed by atoms with Gasteiger partial charge in [-0.2, -0.15) is 0 Å². The van der Waals surface area contributed by atoms with Crippen LogP contribution in [0.3, 0.4) is 0 Å². The second kappa shape index (κ2) is 7.16. The molecular formula is C19H22ClN2O+. The smallest absolute Gasteiger partial charge is 0.279 e. The summed E-state index contributed by atoms with van der Waals surface area (Å²) in [6.07, 6.45) is 3.50. The summed E-state index contributed by atoms with van der Waals surface area (Å²) in [5, 5.41) is 5.74. The van der Waals surface area contributed by atoms with Crippen molar-refractivity contribution in [2.24, 2.45) is 0 Å². The van der Waals surface area contributed by atoms with Crippen molar-refractivity contribution >= 4 is 23.2 Å². The average Bonchev–Trinajstić information content (AvgIpc) is 3.00. The van der Waals surface area contributed by atoms with E-state index in [0.29, 0.717) is 6.54 Å². The summed E-state index contributed by atoms with van der Waals surface area (Å²) in [6, 6.07) is 14.2. The maximum atomic E-state index is 12.1. The summed E-state index contributed by atoms with van der Waals surface area (Å²) in [5.41, 5.74) is 4.82. The Morgan fingerprint density at radius 1 is 1.22 bits per heavy atom. The minimum absolute atomic E-state index is 0.0248. The Morgan fingerprint density at radius 3 is 2.87 bits per heavy atom. The van der Waals surface area contributed by atoms with Gasteiger partial charge in [-0.25, -0.2) is 0 Å². The third-order valence-electron chi connectivity index (χ3n) is 4.41. The SMILES string of the molecule is C[C@H]([NH2+]CC(=O)Nc1ccc2c(c1)CCC2)c1cccc(Cl)c1. The van der Waals surface area contributed by atoms with Crippen LogP contribution < -0.4 is 10.6 Å². The second-order valence-electron chi connectivity index (χ2n) is 6.17. The molecule has 0 bridgehead atoms. The summed E-state index contributed by atoms with van der Waals surface area (Å²) >= 11 is 6.01. The van der Waals surface area contributed by atoms with Gasteiger partial charge in [0.05, 0.1) is 0 Å². The van der Waals surface area contributed by atoms with Gasteiger partial charge in [0, 0.05) is 16.3 Å². The number of hydrogen-bond acceptors (Lipinski definition) is 1. The Balaban J connectivity index is 1.53. The minimum atomic E-state index is 0.0248. The Morgan fingerprint density at radius 2 is 2.04 bits per heavy atom. The van der Waals surface area contributed by atoms with Gasteiger partial charge in [-0.3, -0.25) is 4.79 Å². The first-order valence-corrected chi connectivity index (χ1v) is 8.50. The Hall–Kier alpha value is -1.84. The summed E-state index contributed by atoms with van der Waals surface area (Å²) in [4.78, 5) is 12.1. The van der Waals surface area contributed by atoms with Gasteiger partial charge in [0.15, 0.2) is 6.54 Å². The number of nitrogens with one attached hydrogen (secondary N) is 1. The van der Waals surface area contributed by atoms with E-state index in [1.165, 1.54) is 17.5 Å². The van der Waals surface area contributed by atoms with Crippen LogP contribution in [0.1, 0.15) is 36.1 Å². The zero-order valence-corrected chi connectivity index (χ0v) is 14.1. The van der Waals surface area contributed by atoms with Crippen molar-refractivity contribution < 1.29 is 10.1 Å². The Labute approximate surface area is 142 Å². The van der Waals surface area contributed by atoms with Crippen LogP contribution >= 0.6 is 11.6 Å². The predicted molar refractivity (Wildman–Crippen MR) is 93.8 cm³/mol. The number of benzene rings is 2. The van der Waals surface area contributed by atoms with E-state index < -0.39 is 0 Å². The fourth-order valence-corrected chi connectivity index (χ4v) is 3.27. The van der Waals surface area contributed by atoms with E-state index in [1.54, 1.807) is 0 Å². The molecule has 2 aromatic carbocycles. The fraction of sp³-hybridized carbons (Fsp3) is 0.316. The van der Waals surface area contributed by atoms with Crippen molar-refractivity contribution in [2.45, 2.75) is 32.2 Å². The summed E-state index contributed by atoms with van der Waals surface area (Å²) in [7, 11) is 0. The van der Waals surface area contributed by atoms with E-state index in [-0.39, 0.29) is 11.9 Å². The van der Waals surface area contributed by atoms with Crippen LogP contribution in [-0.4, -0.2) is 12.5 Å². The van der Waals surface area contributed by atoms with E-state index in [2.05, 4.69) is 24.4 Å². The van der Waals surface area contributed by atoms with Gasteiger partial charge >= 0.3 is 0 Å². The van der Waals surface area contributed by atoms with Crippen LogP contribution in [-0.2, 0) is 17.6 Å². The number of halogens is 1. The molecule has 4 heteroatoms. The maximum absolute atomic E-state index is 12.1. The number of anilines is 1. The molecule has 3 nitrogen and oxygen atoms in total. The lowest BCUT2D eigenvalue weighted by Crippen LogP contribution is -2.86. The molecule has 0 aliphatic heterocycles. The van der Waals surface area contributed by atoms with E-state index in [0.717, 1.165) is 29.1 Å². The fourth-order valence-electron chi connectivity index (χ4n) is 3.07. The first-order chi connectivity index (χ1) is 11.1. The number of fused-ring (bicyclic) bond motifs is 1. The highest BCUT2D eigenvalue weighted by Crippen LogP contribution is 2.24. The highest BCUT2D eigenvalue weighted by molar-refractivity contribution is 6.30. The maximum Gasteiger partial charge on any atom is 0.279 e. The molecule has 3 N–H and O–H groups in total. The quantitative estimate of drug-likeness (QED) is 0.870. The standard InChI is InChI=1S/C19H21ClN2O/c1-13(15-5-3-7-17(20)10-15)21-12-19(23)22-18-9-8-14-4-2-6-16(14)11-18/h3,5,7-11,13,21H,2,4,6,12H2,1H3,(H,22,23)/p+1/t13-/m0/s1. The zero-order chi connectivity index (χ0) is 16.2. The Kier molecular flexibility index (Phi) is 4.99. The van der Waals surface area contributed by atoms with Crippen molar-refractivity contribution in [3.05, 3.63) is 64.2 Å². The molecule has 0 unspecified atom stereocenters. The lowest BCUT2D eigenvalue weighted by Gasteiger charge is -2.12. The van der Waals surface area contributed by atoms with E-state index in [4.69, 9.17) is 11.6 Å². The summed E-state index contributed by atoms with van der Waals surface area (Å²) in [5.74, 6) is 0.0248. The van der Waals surface area contributed by atoms with E-state index >= 15 is 0 Å². The van der Waals surface area contributed by atoms with Crippen LogP contribution in [0.4, 0.5) is 5.69 Å². The molecule has 0 fully saturated rings. The summed E-state index contributed by atoms with van der Waals surface area (Å²) in [6.45, 7) is 2.47. The molecule has 1 atom stereocenters. The van der Waals surface area contributed by atoms with Crippen LogP contribution in [0.25, 0.3) is 0 Å². The molecule has 0 aromatic heterocycles. The van der Waals surface area contributed by atoms with E-state index in [1.807, 2.05) is 35.6 Å². The predicted octanol–water partition coefficient (Wildman–Crippen LogP) is 3.09. The van der Waals surface area contributed by atoms with Crippen molar-refractivity contribution in [1.29, 1.82) is 0 Å². The number of nitrogens with two attached hydrogens (primary N) is 1. The highest BCUT2D eigenvalue weighted by atomic mass is 35.5. The van der Waals surface area contributed by atoms with Gasteiger partial charge in [-0.1, -0.05) is 29.8 Å². The lowest BCUT2D eigenvalue weighted by atomic mass is 10.1. The molecule has 0 radical (unpaired) electrons. The first-order valence-electron chi connectivity index (χ1n) is 8.12. The minimum Gasteiger partial charge on any atom is -0.333 e. The van der Waals surface area contributed by atoms with Gasteiger partial charge < -0.3 is 10.6 Å². The third-order valence-corrected chi connectivity index (χ3v) is 4.65. The number of carbonyl (C=O) groups is 1. The topological polar surface area (TPSA) is 45.7 Å². The number of carbonyl (C=O) groups excluding carboxylic acids is 1. The number of amides is 1. The van der Waals surface area contributed by atoms with Crippen LogP contribution in [0.2, 0.25) is 5.02 Å². The van der Waals surface area contributed by atoms with Crippen molar-refractivity contribution in [3.8, 4) is 0 Å². The molecule has 1 aliphatic carbocycles. The largest absolute Gasteiger partial charge is 0.333 e. The molecule has 0 saturated heterocycles. The van der Waals surface area contributed by atoms with Crippen LogP contribution in [0.5, 0.6) is 0 Å². The molecule has 0 spiro atoms. The monoisotopic (exact) mass is 329 g/mol. The molecule has 23 heavy (non-hydrogen) atoms. The van der Waals surface area contributed by atoms with Crippen LogP contribution in [0.15, 0.2) is 42.5 Å². The molecule has 0 saturated carbocycles. The molecule has 120 valence electrons. The molecule has 1 aliphatic rings. The normalized spacial score (nSPS) is 14.3. The highest BCUT2D eigenvalue weighted by Gasteiger charge is 2.14. The van der Waals surface area contributed by atoms with Gasteiger partial charge in [0.1, 0.15) is 6.04 Å². The number of aryl methyl sites for hydroxylation is 2. The molecule has 3 rings (SSSR count). The number of rotatable bonds is 5. The first kappa shape index (κ1) is 16.0. The zero-order valence-electron chi connectivity index (χ0n) is 13.3. The van der Waals surface area contributed by atoms with Crippen molar-refractivity contribution in [2.75, 3.05) is 11.9 Å². The van der Waals surface area contributed by atoms with Gasteiger partial charge in [-0.15, -0.1) is 0 Å². The number of quaternary nitrogens is 1. The second-order valence-corrected chi connectivity index (χ2v) is 6.61. The van der Waals surface area contributed by atoms with E-state index in [9.17, 15) is 4.79 Å². The molecule has 2 aromatic rings. The van der Waals surface area contributed by atoms with Crippen molar-refractivity contribution in [3.63, 3.8) is 0 Å². The lowest BCUT2D eigenvalue weighted by molar-refractivity contribution is -0.682. The molecular weight excluding hydrogens is 308 g/mol. The summed E-state index contributed by atoms with van der Waals surface area (Å²) < 4.78 is 0. The van der Waals surface area contributed by atoms with Crippen LogP contribution in [0, 0.1) is 0 Å². The molecule has 1 amide bonds. The molecule has 0 heterocycles. The van der Waals surface area contributed by atoms with Gasteiger partial charge in [-0.05, 0) is 61.6 Å².